The second kappa shape index (κ2) is 8.35. The molecule has 0 N–H and O–H groups in total. The zero-order chi connectivity index (χ0) is 21.3. The van der Waals surface area contributed by atoms with E-state index in [4.69, 9.17) is 4.74 Å². The van der Waals surface area contributed by atoms with Crippen molar-refractivity contribution < 1.29 is 22.3 Å². The predicted octanol–water partition coefficient (Wildman–Crippen LogP) is 2.28. The Kier molecular flexibility index (Phi) is 5.79. The van der Waals surface area contributed by atoms with Crippen molar-refractivity contribution in [2.24, 2.45) is 0 Å². The van der Waals surface area contributed by atoms with E-state index in [1.165, 1.54) is 6.07 Å². The van der Waals surface area contributed by atoms with Crippen molar-refractivity contribution >= 4 is 21.4 Å². The second-order valence-electron chi connectivity index (χ2n) is 7.71. The lowest BCUT2D eigenvalue weighted by molar-refractivity contribution is -0.123. The van der Waals surface area contributed by atoms with Crippen LogP contribution in [0.4, 0.5) is 10.1 Å². The second-order valence-corrected chi connectivity index (χ2v) is 9.87. The maximum absolute atomic E-state index is 14.0. The van der Waals surface area contributed by atoms with Gasteiger partial charge in [0.15, 0.2) is 9.84 Å². The number of hydrogen-bond donors (Lipinski definition) is 0. The molecule has 2 saturated heterocycles. The highest BCUT2D eigenvalue weighted by atomic mass is 32.2. The number of piperazine rings is 1. The van der Waals surface area contributed by atoms with Gasteiger partial charge in [0.2, 0.25) is 5.91 Å². The molecule has 2 aliphatic heterocycles. The van der Waals surface area contributed by atoms with Gasteiger partial charge in [-0.25, -0.2) is 12.8 Å². The summed E-state index contributed by atoms with van der Waals surface area (Å²) in [6.07, 6.45) is 0.423. The van der Waals surface area contributed by atoms with Crippen LogP contribution in [0.15, 0.2) is 48.5 Å². The Hall–Kier alpha value is -2.45. The average molecular weight is 433 g/mol. The molecular weight excluding hydrogens is 407 g/mol. The van der Waals surface area contributed by atoms with E-state index in [-0.39, 0.29) is 35.8 Å². The maximum Gasteiger partial charge on any atom is 0.241 e. The number of carbonyl (C=O) groups is 1. The first kappa shape index (κ1) is 20.8. The van der Waals surface area contributed by atoms with Gasteiger partial charge in [0.1, 0.15) is 11.6 Å². The first-order chi connectivity index (χ1) is 14.4. The molecule has 6 nitrogen and oxygen atoms in total. The highest BCUT2D eigenvalue weighted by molar-refractivity contribution is 7.91. The lowest BCUT2D eigenvalue weighted by Crippen LogP contribution is -2.62. The minimum Gasteiger partial charge on any atom is -0.494 e. The molecule has 4 rings (SSSR count). The standard InChI is InChI=1S/C22H25FN2O4S/c1-2-29-18-9-7-17(8-10-18)25-21-15-30(27,28)14-20(21)24(13-22(25)26)12-11-16-5-3-4-6-19(16)23/h3-10,20-21H,2,11-15H2,1H3. The maximum atomic E-state index is 14.0. The van der Waals surface area contributed by atoms with Crippen LogP contribution < -0.4 is 9.64 Å². The van der Waals surface area contributed by atoms with Crippen LogP contribution in [0.5, 0.6) is 5.75 Å². The SMILES string of the molecule is CCOc1ccc(N2C(=O)CN(CCc3ccccc3F)C3CS(=O)(=O)CC32)cc1. The van der Waals surface area contributed by atoms with Crippen LogP contribution in [0.3, 0.4) is 0 Å². The molecule has 2 heterocycles. The Morgan fingerprint density at radius 3 is 2.47 bits per heavy atom. The summed E-state index contributed by atoms with van der Waals surface area (Å²) >= 11 is 0. The third kappa shape index (κ3) is 4.20. The molecule has 2 unspecified atom stereocenters. The van der Waals surface area contributed by atoms with Crippen LogP contribution in [-0.4, -0.2) is 62.5 Å². The summed E-state index contributed by atoms with van der Waals surface area (Å²) in [4.78, 5) is 16.5. The molecule has 160 valence electrons. The summed E-state index contributed by atoms with van der Waals surface area (Å²) in [5.41, 5.74) is 1.24. The zero-order valence-electron chi connectivity index (χ0n) is 16.8. The Bertz CT molecular complexity index is 1030. The number of amides is 1. The number of benzene rings is 2. The molecule has 2 atom stereocenters. The minimum atomic E-state index is -3.27. The van der Waals surface area contributed by atoms with Crippen LogP contribution in [0, 0.1) is 5.82 Å². The number of carbonyl (C=O) groups excluding carboxylic acids is 1. The van der Waals surface area contributed by atoms with E-state index in [9.17, 15) is 17.6 Å². The van der Waals surface area contributed by atoms with Gasteiger partial charge in [0, 0.05) is 18.3 Å². The van der Waals surface area contributed by atoms with Crippen molar-refractivity contribution in [2.75, 3.05) is 36.1 Å². The van der Waals surface area contributed by atoms with Gasteiger partial charge < -0.3 is 9.64 Å². The van der Waals surface area contributed by atoms with Gasteiger partial charge in [-0.05, 0) is 49.2 Å². The van der Waals surface area contributed by atoms with E-state index in [0.717, 1.165) is 0 Å². The lowest BCUT2D eigenvalue weighted by Gasteiger charge is -2.43. The number of fused-ring (bicyclic) bond motifs is 1. The third-order valence-electron chi connectivity index (χ3n) is 5.75. The first-order valence-electron chi connectivity index (χ1n) is 10.1. The number of anilines is 1. The van der Waals surface area contributed by atoms with E-state index >= 15 is 0 Å². The smallest absolute Gasteiger partial charge is 0.241 e. The summed E-state index contributed by atoms with van der Waals surface area (Å²) in [7, 11) is -3.27. The van der Waals surface area contributed by atoms with E-state index in [1.807, 2.05) is 11.8 Å². The summed E-state index contributed by atoms with van der Waals surface area (Å²) in [5, 5.41) is 0. The fourth-order valence-corrected chi connectivity index (χ4v) is 6.35. The summed E-state index contributed by atoms with van der Waals surface area (Å²) in [5.74, 6) is 0.217. The Balaban J connectivity index is 1.56. The molecule has 0 radical (unpaired) electrons. The van der Waals surface area contributed by atoms with Crippen LogP contribution in [0.25, 0.3) is 0 Å². The predicted molar refractivity (Wildman–Crippen MR) is 113 cm³/mol. The quantitative estimate of drug-likeness (QED) is 0.701. The summed E-state index contributed by atoms with van der Waals surface area (Å²) in [6, 6.07) is 12.9. The third-order valence-corrected chi connectivity index (χ3v) is 7.45. The Morgan fingerprint density at radius 2 is 1.77 bits per heavy atom. The van der Waals surface area contributed by atoms with Crippen molar-refractivity contribution in [3.8, 4) is 5.75 Å². The average Bonchev–Trinajstić information content (AvgIpc) is 3.03. The van der Waals surface area contributed by atoms with Crippen LogP contribution >= 0.6 is 0 Å². The van der Waals surface area contributed by atoms with Gasteiger partial charge >= 0.3 is 0 Å². The molecule has 2 aliphatic rings. The first-order valence-corrected chi connectivity index (χ1v) is 11.9. The fraction of sp³-hybridized carbons (Fsp3) is 0.409. The zero-order valence-corrected chi connectivity index (χ0v) is 17.6. The van der Waals surface area contributed by atoms with Crippen LogP contribution in [-0.2, 0) is 21.1 Å². The molecule has 30 heavy (non-hydrogen) atoms. The summed E-state index contributed by atoms with van der Waals surface area (Å²) in [6.45, 7) is 2.98. The molecule has 2 aromatic carbocycles. The molecule has 8 heteroatoms. The highest BCUT2D eigenvalue weighted by Crippen LogP contribution is 2.32. The largest absolute Gasteiger partial charge is 0.494 e. The van der Waals surface area contributed by atoms with E-state index in [2.05, 4.69) is 0 Å². The normalized spacial score (nSPS) is 23.4. The van der Waals surface area contributed by atoms with Crippen molar-refractivity contribution in [3.05, 3.63) is 59.9 Å². The van der Waals surface area contributed by atoms with Gasteiger partial charge in [-0.15, -0.1) is 0 Å². The fourth-order valence-electron chi connectivity index (χ4n) is 4.37. The van der Waals surface area contributed by atoms with Crippen molar-refractivity contribution in [1.82, 2.24) is 4.90 Å². The number of nitrogens with zero attached hydrogens (tertiary/aromatic N) is 2. The van der Waals surface area contributed by atoms with E-state index < -0.39 is 15.9 Å². The molecule has 2 fully saturated rings. The van der Waals surface area contributed by atoms with E-state index in [0.29, 0.717) is 36.6 Å². The molecule has 1 amide bonds. The highest BCUT2D eigenvalue weighted by Gasteiger charge is 2.49. The minimum absolute atomic E-state index is 0.00967. The molecule has 0 bridgehead atoms. The lowest BCUT2D eigenvalue weighted by atomic mass is 10.0. The molecule has 2 aromatic rings. The number of ether oxygens (including phenoxy) is 1. The monoisotopic (exact) mass is 432 g/mol. The van der Waals surface area contributed by atoms with E-state index in [1.54, 1.807) is 47.4 Å². The van der Waals surface area contributed by atoms with Gasteiger partial charge in [0.25, 0.3) is 0 Å². The van der Waals surface area contributed by atoms with Gasteiger partial charge in [0.05, 0.1) is 30.7 Å². The Labute approximate surface area is 176 Å². The van der Waals surface area contributed by atoms with Gasteiger partial charge in [-0.3, -0.25) is 9.69 Å². The molecule has 0 spiro atoms. The Morgan fingerprint density at radius 1 is 1.07 bits per heavy atom. The van der Waals surface area contributed by atoms with Crippen LogP contribution in [0.2, 0.25) is 0 Å². The van der Waals surface area contributed by atoms with Gasteiger partial charge in [-0.1, -0.05) is 18.2 Å². The van der Waals surface area contributed by atoms with Gasteiger partial charge in [-0.2, -0.15) is 0 Å². The molecule has 0 saturated carbocycles. The number of rotatable bonds is 6. The number of hydrogen-bond acceptors (Lipinski definition) is 5. The molecular formula is C22H25FN2O4S. The topological polar surface area (TPSA) is 66.9 Å². The van der Waals surface area contributed by atoms with Crippen molar-refractivity contribution in [3.63, 3.8) is 0 Å². The molecule has 0 aromatic heterocycles. The number of halogens is 1. The van der Waals surface area contributed by atoms with Crippen molar-refractivity contribution in [2.45, 2.75) is 25.4 Å². The van der Waals surface area contributed by atoms with Crippen LogP contribution in [0.1, 0.15) is 12.5 Å². The summed E-state index contributed by atoms with van der Waals surface area (Å²) < 4.78 is 44.3. The number of sulfone groups is 1. The van der Waals surface area contributed by atoms with Crippen molar-refractivity contribution in [1.29, 1.82) is 0 Å². The molecule has 0 aliphatic carbocycles.